The number of halogens is 2. The van der Waals surface area contributed by atoms with E-state index in [1.54, 1.807) is 12.1 Å². The number of nitrogen functional groups attached to an aromatic ring is 1. The van der Waals surface area contributed by atoms with Crippen LogP contribution in [0.2, 0.25) is 10.0 Å². The first-order chi connectivity index (χ1) is 9.90. The summed E-state index contributed by atoms with van der Waals surface area (Å²) in [5.74, 6) is -0.118. The first-order valence-electron chi connectivity index (χ1n) is 7.20. The zero-order valence-electron chi connectivity index (χ0n) is 12.7. The standard InChI is InChI=1S/C15H23Cl2N3O/c1-4-6-20(7-5-2)10(3)15(21)19-14-12(17)8-11(16)9-13(14)18/h8-10H,4-7,18H2,1-3H3,(H,19,21). The van der Waals surface area contributed by atoms with Crippen LogP contribution in [-0.2, 0) is 4.79 Å². The van der Waals surface area contributed by atoms with Crippen LogP contribution in [0.3, 0.4) is 0 Å². The van der Waals surface area contributed by atoms with E-state index >= 15 is 0 Å². The van der Waals surface area contributed by atoms with E-state index in [9.17, 15) is 4.79 Å². The van der Waals surface area contributed by atoms with Crippen LogP contribution >= 0.6 is 23.2 Å². The number of nitrogens with one attached hydrogen (secondary N) is 1. The fraction of sp³-hybridized carbons (Fsp3) is 0.533. The Kier molecular flexibility index (Phi) is 7.29. The normalized spacial score (nSPS) is 12.5. The number of rotatable bonds is 7. The minimum Gasteiger partial charge on any atom is -0.397 e. The van der Waals surface area contributed by atoms with Crippen molar-refractivity contribution in [1.82, 2.24) is 4.90 Å². The van der Waals surface area contributed by atoms with E-state index in [0.717, 1.165) is 25.9 Å². The summed E-state index contributed by atoms with van der Waals surface area (Å²) in [5.41, 5.74) is 6.66. The SMILES string of the molecule is CCCN(CCC)C(C)C(=O)Nc1c(N)cc(Cl)cc1Cl. The third kappa shape index (κ3) is 5.06. The molecule has 0 aliphatic heterocycles. The average Bonchev–Trinajstić information content (AvgIpc) is 2.41. The molecule has 1 atom stereocenters. The molecule has 0 bridgehead atoms. The van der Waals surface area contributed by atoms with Crippen molar-refractivity contribution in [1.29, 1.82) is 0 Å². The Balaban J connectivity index is 2.84. The van der Waals surface area contributed by atoms with Gasteiger partial charge in [0.2, 0.25) is 5.91 Å². The second-order valence-electron chi connectivity index (χ2n) is 5.05. The summed E-state index contributed by atoms with van der Waals surface area (Å²) in [5, 5.41) is 3.60. The maximum Gasteiger partial charge on any atom is 0.241 e. The lowest BCUT2D eigenvalue weighted by molar-refractivity contribution is -0.120. The van der Waals surface area contributed by atoms with Gasteiger partial charge in [0.1, 0.15) is 0 Å². The maximum atomic E-state index is 12.4. The van der Waals surface area contributed by atoms with Gasteiger partial charge in [-0.05, 0) is 45.0 Å². The predicted octanol–water partition coefficient (Wildman–Crippen LogP) is 4.02. The second kappa shape index (κ2) is 8.47. The molecule has 4 nitrogen and oxygen atoms in total. The van der Waals surface area contributed by atoms with Crippen LogP contribution in [0.1, 0.15) is 33.6 Å². The number of hydrogen-bond acceptors (Lipinski definition) is 3. The molecule has 0 heterocycles. The van der Waals surface area contributed by atoms with Crippen molar-refractivity contribution in [2.45, 2.75) is 39.7 Å². The van der Waals surface area contributed by atoms with Gasteiger partial charge >= 0.3 is 0 Å². The summed E-state index contributed by atoms with van der Waals surface area (Å²) in [6, 6.07) is 2.90. The zero-order chi connectivity index (χ0) is 16.0. The molecule has 0 aliphatic rings. The van der Waals surface area contributed by atoms with Crippen LogP contribution < -0.4 is 11.1 Å². The molecular formula is C15H23Cl2N3O. The second-order valence-corrected chi connectivity index (χ2v) is 5.90. The smallest absolute Gasteiger partial charge is 0.241 e. The fourth-order valence-corrected chi connectivity index (χ4v) is 2.75. The highest BCUT2D eigenvalue weighted by Crippen LogP contribution is 2.32. The molecule has 0 saturated carbocycles. The van der Waals surface area contributed by atoms with Crippen LogP contribution in [0.5, 0.6) is 0 Å². The Bertz CT molecular complexity index is 465. The van der Waals surface area contributed by atoms with Gasteiger partial charge in [-0.2, -0.15) is 0 Å². The molecule has 0 spiro atoms. The quantitative estimate of drug-likeness (QED) is 0.741. The van der Waals surface area contributed by atoms with E-state index in [4.69, 9.17) is 28.9 Å². The number of nitrogens with zero attached hydrogens (tertiary/aromatic N) is 1. The zero-order valence-corrected chi connectivity index (χ0v) is 14.3. The molecule has 0 saturated heterocycles. The highest BCUT2D eigenvalue weighted by molar-refractivity contribution is 6.37. The Morgan fingerprint density at radius 2 is 1.86 bits per heavy atom. The van der Waals surface area contributed by atoms with Crippen LogP contribution in [-0.4, -0.2) is 29.9 Å². The Labute approximate surface area is 136 Å². The molecule has 0 aliphatic carbocycles. The summed E-state index contributed by atoms with van der Waals surface area (Å²) >= 11 is 12.0. The van der Waals surface area contributed by atoms with Crippen LogP contribution in [0.15, 0.2) is 12.1 Å². The first-order valence-corrected chi connectivity index (χ1v) is 7.95. The van der Waals surface area contributed by atoms with Gasteiger partial charge in [-0.1, -0.05) is 37.0 Å². The molecule has 21 heavy (non-hydrogen) atoms. The maximum absolute atomic E-state index is 12.4. The predicted molar refractivity (Wildman–Crippen MR) is 91.1 cm³/mol. The van der Waals surface area contributed by atoms with Crippen molar-refractivity contribution in [3.8, 4) is 0 Å². The lowest BCUT2D eigenvalue weighted by Crippen LogP contribution is -2.43. The number of nitrogens with two attached hydrogens (primary N) is 1. The number of anilines is 2. The summed E-state index contributed by atoms with van der Waals surface area (Å²) in [6.45, 7) is 7.85. The van der Waals surface area contributed by atoms with Gasteiger partial charge in [0, 0.05) is 5.02 Å². The summed E-state index contributed by atoms with van der Waals surface area (Å²) in [4.78, 5) is 14.5. The van der Waals surface area contributed by atoms with Crippen molar-refractivity contribution in [3.05, 3.63) is 22.2 Å². The molecule has 0 aromatic heterocycles. The number of carbonyl (C=O) groups excluding carboxylic acids is 1. The highest BCUT2D eigenvalue weighted by Gasteiger charge is 2.21. The Morgan fingerprint density at radius 1 is 1.29 bits per heavy atom. The molecular weight excluding hydrogens is 309 g/mol. The van der Waals surface area contributed by atoms with E-state index in [2.05, 4.69) is 24.1 Å². The summed E-state index contributed by atoms with van der Waals surface area (Å²) in [6.07, 6.45) is 2.00. The van der Waals surface area contributed by atoms with Crippen molar-refractivity contribution < 1.29 is 4.79 Å². The largest absolute Gasteiger partial charge is 0.397 e. The molecule has 3 N–H and O–H groups in total. The third-order valence-corrected chi connectivity index (χ3v) is 3.80. The summed E-state index contributed by atoms with van der Waals surface area (Å²) < 4.78 is 0. The number of amides is 1. The van der Waals surface area contributed by atoms with Gasteiger partial charge in [-0.3, -0.25) is 9.69 Å². The van der Waals surface area contributed by atoms with Crippen molar-refractivity contribution in [3.63, 3.8) is 0 Å². The van der Waals surface area contributed by atoms with Crippen molar-refractivity contribution in [2.24, 2.45) is 0 Å². The van der Waals surface area contributed by atoms with Crippen molar-refractivity contribution >= 4 is 40.5 Å². The van der Waals surface area contributed by atoms with E-state index < -0.39 is 0 Å². The molecule has 1 amide bonds. The highest BCUT2D eigenvalue weighted by atomic mass is 35.5. The monoisotopic (exact) mass is 331 g/mol. The van der Waals surface area contributed by atoms with E-state index in [-0.39, 0.29) is 11.9 Å². The molecule has 0 fully saturated rings. The summed E-state index contributed by atoms with van der Waals surface area (Å²) in [7, 11) is 0. The molecule has 6 heteroatoms. The number of hydrogen-bond donors (Lipinski definition) is 2. The molecule has 0 radical (unpaired) electrons. The average molecular weight is 332 g/mol. The molecule has 118 valence electrons. The van der Waals surface area contributed by atoms with Gasteiger partial charge < -0.3 is 11.1 Å². The van der Waals surface area contributed by atoms with Gasteiger partial charge in [0.05, 0.1) is 22.4 Å². The Morgan fingerprint density at radius 3 is 2.33 bits per heavy atom. The Hall–Kier alpha value is -0.970. The third-order valence-electron chi connectivity index (χ3n) is 3.28. The number of carbonyl (C=O) groups is 1. The fourth-order valence-electron chi connectivity index (χ4n) is 2.19. The molecule has 1 aromatic rings. The lowest BCUT2D eigenvalue weighted by atomic mass is 10.2. The van der Waals surface area contributed by atoms with E-state index in [0.29, 0.717) is 21.4 Å². The van der Waals surface area contributed by atoms with Crippen molar-refractivity contribution in [2.75, 3.05) is 24.1 Å². The first kappa shape index (κ1) is 18.1. The van der Waals surface area contributed by atoms with Gasteiger partial charge in [-0.25, -0.2) is 0 Å². The van der Waals surface area contributed by atoms with Crippen LogP contribution in [0.25, 0.3) is 0 Å². The van der Waals surface area contributed by atoms with E-state index in [1.807, 2.05) is 6.92 Å². The van der Waals surface area contributed by atoms with Gasteiger partial charge in [0.15, 0.2) is 0 Å². The number of benzene rings is 1. The minimum absolute atomic E-state index is 0.118. The van der Waals surface area contributed by atoms with Gasteiger partial charge in [0.25, 0.3) is 0 Å². The molecule has 1 rings (SSSR count). The van der Waals surface area contributed by atoms with Crippen LogP contribution in [0.4, 0.5) is 11.4 Å². The molecule has 1 unspecified atom stereocenters. The topological polar surface area (TPSA) is 58.4 Å². The minimum atomic E-state index is -0.240. The van der Waals surface area contributed by atoms with E-state index in [1.165, 1.54) is 0 Å². The van der Waals surface area contributed by atoms with Gasteiger partial charge in [-0.15, -0.1) is 0 Å². The lowest BCUT2D eigenvalue weighted by Gasteiger charge is -2.27. The van der Waals surface area contributed by atoms with Crippen LogP contribution in [0, 0.1) is 0 Å². The molecule has 1 aromatic carbocycles.